The van der Waals surface area contributed by atoms with Crippen molar-refractivity contribution in [1.82, 2.24) is 9.88 Å². The fourth-order valence-corrected chi connectivity index (χ4v) is 3.36. The topological polar surface area (TPSA) is 34.0 Å². The molecule has 1 fully saturated rings. The first-order valence-electron chi connectivity index (χ1n) is 8.13. The van der Waals surface area contributed by atoms with Crippen LogP contribution in [-0.2, 0) is 11.3 Å². The summed E-state index contributed by atoms with van der Waals surface area (Å²) in [5, 5.41) is 4.35. The lowest BCUT2D eigenvalue weighted by Crippen LogP contribution is -2.26. The quantitative estimate of drug-likeness (QED) is 0.806. The van der Waals surface area contributed by atoms with Crippen LogP contribution in [0.1, 0.15) is 38.5 Å². The molecular weight excluding hydrogens is 260 g/mol. The van der Waals surface area contributed by atoms with Crippen molar-refractivity contribution >= 4 is 16.8 Å². The van der Waals surface area contributed by atoms with E-state index in [0.29, 0.717) is 5.92 Å². The molecule has 1 N–H and O–H groups in total. The Hall–Kier alpha value is -1.77. The van der Waals surface area contributed by atoms with Gasteiger partial charge in [0.1, 0.15) is 0 Å². The molecular formula is C18H24N2O. The molecule has 1 amide bonds. The van der Waals surface area contributed by atoms with E-state index in [0.717, 1.165) is 25.9 Å². The van der Waals surface area contributed by atoms with Gasteiger partial charge in [0, 0.05) is 31.2 Å². The second-order valence-electron chi connectivity index (χ2n) is 6.13. The smallest absolute Gasteiger partial charge is 0.220 e. The molecule has 112 valence electrons. The van der Waals surface area contributed by atoms with Gasteiger partial charge in [-0.3, -0.25) is 4.79 Å². The highest BCUT2D eigenvalue weighted by Gasteiger charge is 2.17. The molecule has 1 aliphatic rings. The van der Waals surface area contributed by atoms with Crippen molar-refractivity contribution in [3.8, 4) is 0 Å². The summed E-state index contributed by atoms with van der Waals surface area (Å²) in [6, 6.07) is 10.6. The summed E-state index contributed by atoms with van der Waals surface area (Å²) in [6.45, 7) is 1.73. The maximum absolute atomic E-state index is 11.9. The minimum Gasteiger partial charge on any atom is -0.356 e. The van der Waals surface area contributed by atoms with E-state index in [9.17, 15) is 4.79 Å². The van der Waals surface area contributed by atoms with Crippen LogP contribution in [0.15, 0.2) is 36.5 Å². The normalized spacial score (nSPS) is 15.6. The van der Waals surface area contributed by atoms with E-state index in [4.69, 9.17) is 0 Å². The Bertz CT molecular complexity index is 596. The van der Waals surface area contributed by atoms with E-state index in [1.54, 1.807) is 0 Å². The molecule has 0 spiro atoms. The second kappa shape index (κ2) is 6.79. The van der Waals surface area contributed by atoms with Crippen LogP contribution >= 0.6 is 0 Å². The maximum Gasteiger partial charge on any atom is 0.220 e. The van der Waals surface area contributed by atoms with Gasteiger partial charge in [0.05, 0.1) is 0 Å². The van der Waals surface area contributed by atoms with E-state index in [1.165, 1.54) is 36.6 Å². The number of hydrogen-bond donors (Lipinski definition) is 1. The van der Waals surface area contributed by atoms with Crippen LogP contribution in [0.5, 0.6) is 0 Å². The molecule has 3 rings (SSSR count). The Kier molecular flexibility index (Phi) is 4.59. The number of aromatic nitrogens is 1. The molecule has 1 aromatic carbocycles. The first-order valence-corrected chi connectivity index (χ1v) is 8.13. The lowest BCUT2D eigenvalue weighted by Gasteiger charge is -2.10. The summed E-state index contributed by atoms with van der Waals surface area (Å²) in [4.78, 5) is 11.9. The van der Waals surface area contributed by atoms with Crippen molar-refractivity contribution in [2.45, 2.75) is 45.1 Å². The van der Waals surface area contributed by atoms with Crippen molar-refractivity contribution < 1.29 is 4.79 Å². The first kappa shape index (κ1) is 14.2. The monoisotopic (exact) mass is 284 g/mol. The standard InChI is InChI=1S/C18H24N2O/c21-18(14-15-6-1-2-7-15)19-11-5-12-20-13-10-16-8-3-4-9-17(16)20/h3-4,8-10,13,15H,1-2,5-7,11-12,14H2,(H,19,21). The van der Waals surface area contributed by atoms with Crippen LogP contribution in [0.4, 0.5) is 0 Å². The predicted molar refractivity (Wildman–Crippen MR) is 86.1 cm³/mol. The lowest BCUT2D eigenvalue weighted by atomic mass is 10.0. The van der Waals surface area contributed by atoms with E-state index in [2.05, 4.69) is 46.4 Å². The van der Waals surface area contributed by atoms with Gasteiger partial charge in [-0.25, -0.2) is 0 Å². The maximum atomic E-state index is 11.9. The number of aryl methyl sites for hydroxylation is 1. The average Bonchev–Trinajstić information content (AvgIpc) is 3.13. The Labute approximate surface area is 126 Å². The molecule has 3 nitrogen and oxygen atoms in total. The van der Waals surface area contributed by atoms with Gasteiger partial charge in [-0.1, -0.05) is 31.0 Å². The number of carbonyl (C=O) groups excluding carboxylic acids is 1. The molecule has 1 aliphatic carbocycles. The van der Waals surface area contributed by atoms with Gasteiger partial charge in [-0.05, 0) is 42.7 Å². The van der Waals surface area contributed by atoms with Crippen LogP contribution in [0.3, 0.4) is 0 Å². The minimum absolute atomic E-state index is 0.235. The van der Waals surface area contributed by atoms with Gasteiger partial charge in [0.25, 0.3) is 0 Å². The summed E-state index contributed by atoms with van der Waals surface area (Å²) in [7, 11) is 0. The molecule has 0 radical (unpaired) electrons. The Morgan fingerprint density at radius 1 is 1.19 bits per heavy atom. The number of nitrogens with zero attached hydrogens (tertiary/aromatic N) is 1. The predicted octanol–water partition coefficient (Wildman–Crippen LogP) is 3.73. The molecule has 2 aromatic rings. The highest BCUT2D eigenvalue weighted by molar-refractivity contribution is 5.79. The largest absolute Gasteiger partial charge is 0.356 e. The third-order valence-corrected chi connectivity index (χ3v) is 4.53. The average molecular weight is 284 g/mol. The van der Waals surface area contributed by atoms with Gasteiger partial charge in [-0.2, -0.15) is 0 Å². The van der Waals surface area contributed by atoms with Crippen LogP contribution in [-0.4, -0.2) is 17.0 Å². The number of carbonyl (C=O) groups is 1. The van der Waals surface area contributed by atoms with E-state index >= 15 is 0 Å². The van der Waals surface area contributed by atoms with Gasteiger partial charge < -0.3 is 9.88 Å². The molecule has 1 aromatic heterocycles. The van der Waals surface area contributed by atoms with Gasteiger partial charge in [-0.15, -0.1) is 0 Å². The lowest BCUT2D eigenvalue weighted by molar-refractivity contribution is -0.121. The highest BCUT2D eigenvalue weighted by Crippen LogP contribution is 2.27. The van der Waals surface area contributed by atoms with Crippen LogP contribution in [0.2, 0.25) is 0 Å². The molecule has 0 aliphatic heterocycles. The van der Waals surface area contributed by atoms with Crippen molar-refractivity contribution in [2.75, 3.05) is 6.54 Å². The number of rotatable bonds is 6. The van der Waals surface area contributed by atoms with E-state index in [1.807, 2.05) is 0 Å². The zero-order chi connectivity index (χ0) is 14.5. The number of hydrogen-bond acceptors (Lipinski definition) is 1. The summed E-state index contributed by atoms with van der Waals surface area (Å²) in [5.74, 6) is 0.873. The third kappa shape index (κ3) is 3.66. The molecule has 0 bridgehead atoms. The molecule has 0 unspecified atom stereocenters. The number of benzene rings is 1. The fraction of sp³-hybridized carbons (Fsp3) is 0.500. The van der Waals surface area contributed by atoms with Crippen LogP contribution in [0, 0.1) is 5.92 Å². The van der Waals surface area contributed by atoms with Gasteiger partial charge in [0.15, 0.2) is 0 Å². The number of para-hydroxylation sites is 1. The Morgan fingerprint density at radius 2 is 2.00 bits per heavy atom. The minimum atomic E-state index is 0.235. The zero-order valence-corrected chi connectivity index (χ0v) is 12.6. The Balaban J connectivity index is 1.40. The van der Waals surface area contributed by atoms with Crippen LogP contribution < -0.4 is 5.32 Å². The fourth-order valence-electron chi connectivity index (χ4n) is 3.36. The first-order chi connectivity index (χ1) is 10.3. The third-order valence-electron chi connectivity index (χ3n) is 4.53. The van der Waals surface area contributed by atoms with Crippen LogP contribution in [0.25, 0.3) is 10.9 Å². The summed E-state index contributed by atoms with van der Waals surface area (Å²) in [5.41, 5.74) is 1.27. The molecule has 0 saturated heterocycles. The van der Waals surface area contributed by atoms with Gasteiger partial charge >= 0.3 is 0 Å². The number of nitrogens with one attached hydrogen (secondary N) is 1. The second-order valence-corrected chi connectivity index (χ2v) is 6.13. The Morgan fingerprint density at radius 3 is 2.86 bits per heavy atom. The van der Waals surface area contributed by atoms with Gasteiger partial charge in [0.2, 0.25) is 5.91 Å². The van der Waals surface area contributed by atoms with Crippen molar-refractivity contribution in [3.05, 3.63) is 36.5 Å². The number of amides is 1. The summed E-state index contributed by atoms with van der Waals surface area (Å²) < 4.78 is 2.26. The SMILES string of the molecule is O=C(CC1CCCC1)NCCCn1ccc2ccccc21. The highest BCUT2D eigenvalue weighted by atomic mass is 16.1. The summed E-state index contributed by atoms with van der Waals surface area (Å²) in [6.07, 6.45) is 8.93. The van der Waals surface area contributed by atoms with Crippen molar-refractivity contribution in [1.29, 1.82) is 0 Å². The molecule has 3 heteroatoms. The van der Waals surface area contributed by atoms with E-state index < -0.39 is 0 Å². The van der Waals surface area contributed by atoms with Crippen molar-refractivity contribution in [3.63, 3.8) is 0 Å². The molecule has 0 atom stereocenters. The van der Waals surface area contributed by atoms with E-state index in [-0.39, 0.29) is 5.91 Å². The summed E-state index contributed by atoms with van der Waals surface area (Å²) >= 11 is 0. The zero-order valence-electron chi connectivity index (χ0n) is 12.6. The van der Waals surface area contributed by atoms with Crippen molar-refractivity contribution in [2.24, 2.45) is 5.92 Å². The molecule has 21 heavy (non-hydrogen) atoms. The molecule has 1 saturated carbocycles. The molecule has 1 heterocycles. The number of fused-ring (bicyclic) bond motifs is 1.